The van der Waals surface area contributed by atoms with Gasteiger partial charge in [0.1, 0.15) is 5.75 Å². The van der Waals surface area contributed by atoms with Gasteiger partial charge in [-0.2, -0.15) is 0 Å². The van der Waals surface area contributed by atoms with E-state index in [2.05, 4.69) is 47.7 Å². The molecule has 2 aromatic carbocycles. The Kier molecular flexibility index (Phi) is 2.79. The molecule has 18 heavy (non-hydrogen) atoms. The molecule has 0 saturated carbocycles. The number of hydrogen-bond acceptors (Lipinski definition) is 2. The summed E-state index contributed by atoms with van der Waals surface area (Å²) in [6, 6.07) is 6.46. The molecule has 1 heterocycles. The molecule has 0 aliphatic carbocycles. The lowest BCUT2D eigenvalue weighted by atomic mass is 10.0. The van der Waals surface area contributed by atoms with Gasteiger partial charge in [-0.1, -0.05) is 6.07 Å². The molecule has 0 bridgehead atoms. The number of benzene rings is 2. The Morgan fingerprint density at radius 3 is 2.39 bits per heavy atom. The number of phenolic OH excluding ortho intramolecular Hbond substituents is 1. The number of halogens is 1. The van der Waals surface area contributed by atoms with Crippen molar-refractivity contribution < 1.29 is 5.11 Å². The van der Waals surface area contributed by atoms with Gasteiger partial charge in [-0.25, -0.2) is 0 Å². The van der Waals surface area contributed by atoms with Gasteiger partial charge in [-0.05, 0) is 66.6 Å². The fourth-order valence-electron chi connectivity index (χ4n) is 2.40. The van der Waals surface area contributed by atoms with Crippen LogP contribution >= 0.6 is 33.9 Å². The molecule has 1 nitrogen and oxygen atoms in total. The Bertz CT molecular complexity index is 786. The van der Waals surface area contributed by atoms with E-state index in [1.165, 1.54) is 29.3 Å². The van der Waals surface area contributed by atoms with Crippen LogP contribution in [-0.2, 0) is 0 Å². The molecule has 0 atom stereocenters. The molecule has 0 aliphatic heterocycles. The summed E-state index contributed by atoms with van der Waals surface area (Å²) in [6.07, 6.45) is 0. The summed E-state index contributed by atoms with van der Waals surface area (Å²) in [5, 5.41) is 12.6. The highest BCUT2D eigenvalue weighted by atomic mass is 127. The second-order valence-electron chi connectivity index (χ2n) is 4.69. The fourth-order valence-corrected chi connectivity index (χ4v) is 4.32. The van der Waals surface area contributed by atoms with E-state index in [1.54, 1.807) is 11.3 Å². The smallest absolute Gasteiger partial charge is 0.122 e. The van der Waals surface area contributed by atoms with Crippen LogP contribution in [0.4, 0.5) is 0 Å². The summed E-state index contributed by atoms with van der Waals surface area (Å²) < 4.78 is 3.84. The highest BCUT2D eigenvalue weighted by Gasteiger charge is 2.14. The second kappa shape index (κ2) is 4.10. The van der Waals surface area contributed by atoms with Crippen LogP contribution in [0.5, 0.6) is 5.75 Å². The molecule has 0 saturated heterocycles. The predicted molar refractivity (Wildman–Crippen MR) is 87.9 cm³/mol. The van der Waals surface area contributed by atoms with Crippen LogP contribution in [0.1, 0.15) is 16.7 Å². The molecule has 0 unspecified atom stereocenters. The monoisotopic (exact) mass is 368 g/mol. The van der Waals surface area contributed by atoms with Crippen molar-refractivity contribution in [2.75, 3.05) is 0 Å². The van der Waals surface area contributed by atoms with Crippen LogP contribution < -0.4 is 0 Å². The van der Waals surface area contributed by atoms with E-state index in [4.69, 9.17) is 0 Å². The Morgan fingerprint density at radius 1 is 1.00 bits per heavy atom. The summed E-state index contributed by atoms with van der Waals surface area (Å²) in [5.74, 6) is 0.432. The van der Waals surface area contributed by atoms with Crippen molar-refractivity contribution in [3.8, 4) is 5.75 Å². The summed E-state index contributed by atoms with van der Waals surface area (Å²) in [6.45, 7) is 6.13. The van der Waals surface area contributed by atoms with Crippen LogP contribution in [0.2, 0.25) is 0 Å². The normalized spacial score (nSPS) is 11.6. The zero-order valence-electron chi connectivity index (χ0n) is 10.5. The van der Waals surface area contributed by atoms with Crippen molar-refractivity contribution in [3.05, 3.63) is 38.5 Å². The maximum absolute atomic E-state index is 10.1. The van der Waals surface area contributed by atoms with E-state index < -0.39 is 0 Å². The molecule has 0 amide bonds. The lowest BCUT2D eigenvalue weighted by molar-refractivity contribution is 0.468. The molecule has 0 radical (unpaired) electrons. The first-order valence-electron chi connectivity index (χ1n) is 5.81. The van der Waals surface area contributed by atoms with Crippen molar-refractivity contribution in [3.63, 3.8) is 0 Å². The van der Waals surface area contributed by atoms with Gasteiger partial charge in [0.2, 0.25) is 0 Å². The number of rotatable bonds is 0. The largest absolute Gasteiger partial charge is 0.507 e. The van der Waals surface area contributed by atoms with Crippen molar-refractivity contribution in [2.45, 2.75) is 20.8 Å². The van der Waals surface area contributed by atoms with Gasteiger partial charge >= 0.3 is 0 Å². The average molecular weight is 368 g/mol. The minimum absolute atomic E-state index is 0.432. The molecule has 92 valence electrons. The number of thiophene rings is 1. The molecule has 3 aromatic rings. The highest BCUT2D eigenvalue weighted by molar-refractivity contribution is 14.1. The summed E-state index contributed by atoms with van der Waals surface area (Å²) >= 11 is 4.16. The average Bonchev–Trinajstić information content (AvgIpc) is 2.71. The Labute approximate surface area is 124 Å². The van der Waals surface area contributed by atoms with Gasteiger partial charge in [0, 0.05) is 29.3 Å². The van der Waals surface area contributed by atoms with Gasteiger partial charge in [0.05, 0.1) is 0 Å². The lowest BCUT2D eigenvalue weighted by Crippen LogP contribution is -1.81. The third-order valence-electron chi connectivity index (χ3n) is 3.51. The minimum atomic E-state index is 0.432. The molecule has 1 N–H and O–H groups in total. The molecular formula is C15H13IOS. The van der Waals surface area contributed by atoms with Crippen LogP contribution in [-0.4, -0.2) is 5.11 Å². The van der Waals surface area contributed by atoms with E-state index in [0.717, 1.165) is 11.1 Å². The standard InChI is InChI=1S/C15H13IOS/c1-7-6-11-10-4-5-12(16)8(2)14(10)18-15(11)9(3)13(7)17/h4-6,17H,1-3H3. The first kappa shape index (κ1) is 12.2. The second-order valence-corrected chi connectivity index (χ2v) is 6.88. The van der Waals surface area contributed by atoms with Gasteiger partial charge in [-0.15, -0.1) is 11.3 Å². The number of aryl methyl sites for hydroxylation is 3. The van der Waals surface area contributed by atoms with Crippen molar-refractivity contribution in [2.24, 2.45) is 0 Å². The number of hydrogen-bond donors (Lipinski definition) is 1. The molecule has 0 spiro atoms. The molecular weight excluding hydrogens is 355 g/mol. The zero-order valence-corrected chi connectivity index (χ0v) is 13.4. The molecule has 0 fully saturated rings. The summed E-state index contributed by atoms with van der Waals surface area (Å²) in [4.78, 5) is 0. The SMILES string of the molecule is Cc1cc2c(sc3c(C)c(I)ccc32)c(C)c1O. The Morgan fingerprint density at radius 2 is 1.67 bits per heavy atom. The van der Waals surface area contributed by atoms with Gasteiger partial charge < -0.3 is 5.11 Å². The number of aromatic hydroxyl groups is 1. The molecule has 1 aromatic heterocycles. The van der Waals surface area contributed by atoms with Crippen LogP contribution in [0.15, 0.2) is 18.2 Å². The van der Waals surface area contributed by atoms with E-state index >= 15 is 0 Å². The molecule has 3 heteroatoms. The van der Waals surface area contributed by atoms with Crippen molar-refractivity contribution >= 4 is 54.1 Å². The number of phenols is 1. The Balaban J connectivity index is 2.59. The Hall–Kier alpha value is -0.810. The van der Waals surface area contributed by atoms with Crippen LogP contribution in [0.25, 0.3) is 20.2 Å². The van der Waals surface area contributed by atoms with Gasteiger partial charge in [-0.3, -0.25) is 0 Å². The maximum atomic E-state index is 10.1. The van der Waals surface area contributed by atoms with E-state index in [0.29, 0.717) is 5.75 Å². The topological polar surface area (TPSA) is 20.2 Å². The third-order valence-corrected chi connectivity index (χ3v) is 6.14. The first-order valence-corrected chi connectivity index (χ1v) is 7.70. The van der Waals surface area contributed by atoms with Crippen LogP contribution in [0.3, 0.4) is 0 Å². The maximum Gasteiger partial charge on any atom is 0.122 e. The summed E-state index contributed by atoms with van der Waals surface area (Å²) in [7, 11) is 0. The highest BCUT2D eigenvalue weighted by Crippen LogP contribution is 2.42. The lowest BCUT2D eigenvalue weighted by Gasteiger charge is -2.04. The van der Waals surface area contributed by atoms with Crippen molar-refractivity contribution in [1.29, 1.82) is 0 Å². The third kappa shape index (κ3) is 1.57. The molecule has 3 rings (SSSR count). The first-order chi connectivity index (χ1) is 8.50. The number of fused-ring (bicyclic) bond motifs is 3. The molecule has 0 aliphatic rings. The van der Waals surface area contributed by atoms with Crippen molar-refractivity contribution in [1.82, 2.24) is 0 Å². The van der Waals surface area contributed by atoms with Crippen LogP contribution in [0, 0.1) is 24.3 Å². The van der Waals surface area contributed by atoms with E-state index in [1.807, 2.05) is 13.8 Å². The van der Waals surface area contributed by atoms with E-state index in [9.17, 15) is 5.11 Å². The fraction of sp³-hybridized carbons (Fsp3) is 0.200. The van der Waals surface area contributed by atoms with E-state index in [-0.39, 0.29) is 0 Å². The van der Waals surface area contributed by atoms with Gasteiger partial charge in [0.15, 0.2) is 0 Å². The predicted octanol–water partition coefficient (Wildman–Crippen LogP) is 5.29. The minimum Gasteiger partial charge on any atom is -0.507 e. The summed E-state index contributed by atoms with van der Waals surface area (Å²) in [5.41, 5.74) is 3.29. The van der Waals surface area contributed by atoms with Gasteiger partial charge in [0.25, 0.3) is 0 Å². The quantitative estimate of drug-likeness (QED) is 0.535. The zero-order chi connectivity index (χ0) is 13.0.